The molecule has 0 aliphatic heterocycles. The molecule has 0 heterocycles. The third kappa shape index (κ3) is 3.05. The second kappa shape index (κ2) is 4.01. The highest BCUT2D eigenvalue weighted by Crippen LogP contribution is 2.36. The van der Waals surface area contributed by atoms with Gasteiger partial charge in [-0.05, 0) is 19.1 Å². The van der Waals surface area contributed by atoms with Crippen LogP contribution in [0, 0.1) is 6.92 Å². The monoisotopic (exact) mass is 237 g/mol. The molecule has 0 aliphatic rings. The number of benzene rings is 1. The van der Waals surface area contributed by atoms with Crippen LogP contribution in [0.4, 0.5) is 18.9 Å². The van der Waals surface area contributed by atoms with Gasteiger partial charge in [0.15, 0.2) is 0 Å². The van der Waals surface area contributed by atoms with Crippen molar-refractivity contribution in [3.8, 4) is 0 Å². The van der Waals surface area contributed by atoms with Crippen LogP contribution in [0.3, 0.4) is 0 Å². The number of halogens is 3. The molecule has 0 saturated heterocycles. The van der Waals surface area contributed by atoms with Gasteiger partial charge >= 0.3 is 16.7 Å². The molecule has 0 fully saturated rings. The summed E-state index contributed by atoms with van der Waals surface area (Å²) in [7, 11) is -2.89. The molecule has 3 nitrogen and oxygen atoms in total. The van der Waals surface area contributed by atoms with Crippen molar-refractivity contribution < 1.29 is 21.6 Å². The van der Waals surface area contributed by atoms with Crippen molar-refractivity contribution >= 4 is 16.2 Å². The Kier molecular flexibility index (Phi) is 3.13. The minimum Gasteiger partial charge on any atom is -0.166 e. The smallest absolute Gasteiger partial charge is 0.166 e. The summed E-state index contributed by atoms with van der Waals surface area (Å²) >= 11 is 0. The van der Waals surface area contributed by atoms with E-state index in [-0.39, 0.29) is 0 Å². The van der Waals surface area contributed by atoms with Crippen LogP contribution in [0.15, 0.2) is 22.6 Å². The van der Waals surface area contributed by atoms with Gasteiger partial charge in [0, 0.05) is 0 Å². The molecule has 0 N–H and O–H groups in total. The summed E-state index contributed by atoms with van der Waals surface area (Å²) in [6.45, 7) is 1.48. The van der Waals surface area contributed by atoms with Gasteiger partial charge in [0.25, 0.3) is 0 Å². The Morgan fingerprint density at radius 3 is 2.33 bits per heavy atom. The summed E-state index contributed by atoms with van der Waals surface area (Å²) in [5.41, 5.74) is -1.26. The predicted molar refractivity (Wildman–Crippen MR) is 47.2 cm³/mol. The van der Waals surface area contributed by atoms with E-state index >= 15 is 0 Å². The minimum absolute atomic E-state index is 0.387. The Labute approximate surface area is 85.3 Å². The van der Waals surface area contributed by atoms with Gasteiger partial charge in [-0.1, -0.05) is 11.6 Å². The average Bonchev–Trinajstić information content (AvgIpc) is 2.05. The van der Waals surface area contributed by atoms with E-state index in [1.54, 1.807) is 0 Å². The first-order valence-corrected chi connectivity index (χ1v) is 4.83. The summed E-state index contributed by atoms with van der Waals surface area (Å²) < 4.78 is 60.5. The lowest BCUT2D eigenvalue weighted by Gasteiger charge is -2.09. The number of hydrogen-bond donors (Lipinski definition) is 0. The maximum Gasteiger partial charge on any atom is 0.418 e. The van der Waals surface area contributed by atoms with Crippen LogP contribution in [0.5, 0.6) is 0 Å². The molecule has 0 aromatic heterocycles. The molecular weight excluding hydrogens is 231 g/mol. The first-order valence-electron chi connectivity index (χ1n) is 3.79. The third-order valence-electron chi connectivity index (χ3n) is 1.63. The maximum atomic E-state index is 12.4. The Balaban J connectivity index is 3.47. The zero-order chi connectivity index (χ0) is 11.6. The molecule has 7 heteroatoms. The van der Waals surface area contributed by atoms with Gasteiger partial charge in [-0.15, -0.1) is 4.36 Å². The van der Waals surface area contributed by atoms with Crippen molar-refractivity contribution in [3.05, 3.63) is 29.3 Å². The zero-order valence-electron chi connectivity index (χ0n) is 7.54. The van der Waals surface area contributed by atoms with Gasteiger partial charge in [-0.3, -0.25) is 0 Å². The first-order chi connectivity index (χ1) is 6.80. The first kappa shape index (κ1) is 11.7. The van der Waals surface area contributed by atoms with Crippen molar-refractivity contribution in [1.82, 2.24) is 0 Å². The van der Waals surface area contributed by atoms with E-state index in [0.717, 1.165) is 12.1 Å². The van der Waals surface area contributed by atoms with Crippen molar-refractivity contribution in [2.24, 2.45) is 4.36 Å². The number of rotatable bonds is 1. The van der Waals surface area contributed by atoms with Crippen molar-refractivity contribution in [2.75, 3.05) is 0 Å². The van der Waals surface area contributed by atoms with Gasteiger partial charge in [-0.25, -0.2) is 0 Å². The summed E-state index contributed by atoms with van der Waals surface area (Å²) in [4.78, 5) is 0. The van der Waals surface area contributed by atoms with E-state index in [0.29, 0.717) is 5.56 Å². The molecule has 0 aliphatic carbocycles. The van der Waals surface area contributed by atoms with Crippen LogP contribution < -0.4 is 0 Å². The summed E-state index contributed by atoms with van der Waals surface area (Å²) in [5, 5.41) is 0. The zero-order valence-corrected chi connectivity index (χ0v) is 8.35. The molecule has 0 amide bonds. The summed E-state index contributed by atoms with van der Waals surface area (Å²) in [6, 6.07) is 3.24. The van der Waals surface area contributed by atoms with Gasteiger partial charge in [0.2, 0.25) is 0 Å². The molecule has 1 rings (SSSR count). The molecule has 0 unspecified atom stereocenters. The van der Waals surface area contributed by atoms with Gasteiger partial charge in [0.05, 0.1) is 11.3 Å². The highest BCUT2D eigenvalue weighted by Gasteiger charge is 2.33. The highest BCUT2D eigenvalue weighted by atomic mass is 32.2. The molecule has 1 aromatic rings. The van der Waals surface area contributed by atoms with E-state index in [2.05, 4.69) is 4.36 Å². The van der Waals surface area contributed by atoms with E-state index in [9.17, 15) is 21.6 Å². The second-order valence-electron chi connectivity index (χ2n) is 2.83. The Morgan fingerprint density at radius 2 is 1.87 bits per heavy atom. The standard InChI is InChI=1S/C8H6F3NO2S/c1-5-2-3-7(12-15(13)14)6(4-5)8(9,10)11/h2-4H,1H3. The Hall–Kier alpha value is -1.37. The van der Waals surface area contributed by atoms with Crippen LogP contribution in [0.25, 0.3) is 0 Å². The van der Waals surface area contributed by atoms with Crippen molar-refractivity contribution in [1.29, 1.82) is 0 Å². The predicted octanol–water partition coefficient (Wildman–Crippen LogP) is 2.71. The number of nitrogens with zero attached hydrogens (tertiary/aromatic N) is 1. The quantitative estimate of drug-likeness (QED) is 0.753. The average molecular weight is 237 g/mol. The molecule has 0 spiro atoms. The van der Waals surface area contributed by atoms with Crippen molar-refractivity contribution in [2.45, 2.75) is 13.1 Å². The number of alkyl halides is 3. The van der Waals surface area contributed by atoms with E-state index in [4.69, 9.17) is 0 Å². The van der Waals surface area contributed by atoms with E-state index in [1.807, 2.05) is 0 Å². The fourth-order valence-electron chi connectivity index (χ4n) is 1.04. The lowest BCUT2D eigenvalue weighted by Crippen LogP contribution is -2.05. The van der Waals surface area contributed by atoms with Crippen LogP contribution in [-0.2, 0) is 16.7 Å². The second-order valence-corrected chi connectivity index (χ2v) is 3.44. The number of hydrogen-bond acceptors (Lipinski definition) is 3. The Bertz CT molecular complexity index is 497. The molecule has 15 heavy (non-hydrogen) atoms. The SMILES string of the molecule is Cc1ccc(N=S(=O)=O)c(C(F)(F)F)c1. The molecule has 0 bridgehead atoms. The van der Waals surface area contributed by atoms with Gasteiger partial charge in [0.1, 0.15) is 0 Å². The van der Waals surface area contributed by atoms with Gasteiger partial charge < -0.3 is 0 Å². The molecule has 82 valence electrons. The normalized spacial score (nSPS) is 11.2. The van der Waals surface area contributed by atoms with Crippen LogP contribution in [-0.4, -0.2) is 8.42 Å². The molecule has 0 atom stereocenters. The Morgan fingerprint density at radius 1 is 1.27 bits per heavy atom. The van der Waals surface area contributed by atoms with E-state index in [1.165, 1.54) is 13.0 Å². The van der Waals surface area contributed by atoms with Crippen molar-refractivity contribution in [3.63, 3.8) is 0 Å². The molecule has 0 radical (unpaired) electrons. The summed E-state index contributed by atoms with van der Waals surface area (Å²) in [6.07, 6.45) is -4.61. The van der Waals surface area contributed by atoms with Crippen LogP contribution in [0.1, 0.15) is 11.1 Å². The number of aryl methyl sites for hydroxylation is 1. The fraction of sp³-hybridized carbons (Fsp3) is 0.250. The van der Waals surface area contributed by atoms with E-state index < -0.39 is 27.9 Å². The van der Waals surface area contributed by atoms with Crippen LogP contribution >= 0.6 is 0 Å². The summed E-state index contributed by atoms with van der Waals surface area (Å²) in [5.74, 6) is 0. The fourth-order valence-corrected chi connectivity index (χ4v) is 1.36. The van der Waals surface area contributed by atoms with Gasteiger partial charge in [-0.2, -0.15) is 21.6 Å². The minimum atomic E-state index is -4.61. The topological polar surface area (TPSA) is 46.5 Å². The third-order valence-corrected chi connectivity index (χ3v) is 1.98. The molecular formula is C8H6F3NO2S. The lowest BCUT2D eigenvalue weighted by molar-refractivity contribution is -0.137. The molecule has 0 saturated carbocycles. The maximum absolute atomic E-state index is 12.4. The largest absolute Gasteiger partial charge is 0.418 e. The molecule has 1 aromatic carbocycles. The highest BCUT2D eigenvalue weighted by molar-refractivity contribution is 7.61. The lowest BCUT2D eigenvalue weighted by atomic mass is 10.1. The van der Waals surface area contributed by atoms with Crippen LogP contribution in [0.2, 0.25) is 0 Å².